The van der Waals surface area contributed by atoms with Crippen molar-refractivity contribution in [2.24, 2.45) is 11.8 Å². The third kappa shape index (κ3) is 2.55. The van der Waals surface area contributed by atoms with Crippen LogP contribution in [0, 0.1) is 11.8 Å². The zero-order valence-corrected chi connectivity index (χ0v) is 11.0. The van der Waals surface area contributed by atoms with E-state index in [4.69, 9.17) is 0 Å². The van der Waals surface area contributed by atoms with Crippen LogP contribution < -0.4 is 0 Å². The molecule has 0 spiro atoms. The molecule has 0 aromatic heterocycles. The second-order valence-electron chi connectivity index (χ2n) is 5.71. The fourth-order valence-corrected chi connectivity index (χ4v) is 3.37. The molecule has 0 radical (unpaired) electrons. The number of hydrogen-bond acceptors (Lipinski definition) is 2. The summed E-state index contributed by atoms with van der Waals surface area (Å²) in [5, 5.41) is 0. The van der Waals surface area contributed by atoms with Crippen LogP contribution in [0.1, 0.15) is 36.0 Å². The summed E-state index contributed by atoms with van der Waals surface area (Å²) in [7, 11) is 0. The van der Waals surface area contributed by atoms with Gasteiger partial charge in [0.15, 0.2) is 0 Å². The number of Topliss-reactive ketones (excluding diaryl/α,β-unsaturated/α-hetero) is 1. The van der Waals surface area contributed by atoms with E-state index in [-0.39, 0.29) is 5.91 Å². The van der Waals surface area contributed by atoms with Gasteiger partial charge >= 0.3 is 0 Å². The molecule has 19 heavy (non-hydrogen) atoms. The summed E-state index contributed by atoms with van der Waals surface area (Å²) >= 11 is 0. The van der Waals surface area contributed by atoms with E-state index in [0.29, 0.717) is 24.0 Å². The van der Waals surface area contributed by atoms with Crippen LogP contribution in [-0.4, -0.2) is 29.7 Å². The summed E-state index contributed by atoms with van der Waals surface area (Å²) < 4.78 is 0. The molecule has 1 aromatic carbocycles. The van der Waals surface area contributed by atoms with E-state index >= 15 is 0 Å². The summed E-state index contributed by atoms with van der Waals surface area (Å²) in [6.07, 6.45) is 3.38. The Kier molecular flexibility index (Phi) is 3.36. The standard InChI is InChI=1S/C16H19NO2/c18-15-7-6-14-11-17(9-8-13(14)10-15)16(19)12-4-2-1-3-5-12/h1-5,13-14H,6-11H2/t13-,14+/m0/s1. The lowest BCUT2D eigenvalue weighted by Crippen LogP contribution is -2.45. The van der Waals surface area contributed by atoms with Gasteiger partial charge in [0.05, 0.1) is 0 Å². The maximum atomic E-state index is 12.4. The lowest BCUT2D eigenvalue weighted by atomic mass is 9.74. The Labute approximate surface area is 113 Å². The minimum Gasteiger partial charge on any atom is -0.338 e. The highest BCUT2D eigenvalue weighted by Crippen LogP contribution is 2.35. The highest BCUT2D eigenvalue weighted by Gasteiger charge is 2.35. The van der Waals surface area contributed by atoms with Gasteiger partial charge in [0.25, 0.3) is 5.91 Å². The minimum atomic E-state index is 0.135. The van der Waals surface area contributed by atoms with Gasteiger partial charge < -0.3 is 4.90 Å². The number of amides is 1. The molecule has 3 nitrogen and oxygen atoms in total. The van der Waals surface area contributed by atoms with Crippen molar-refractivity contribution in [1.29, 1.82) is 0 Å². The van der Waals surface area contributed by atoms with E-state index in [1.807, 2.05) is 35.2 Å². The van der Waals surface area contributed by atoms with Gasteiger partial charge in [0.1, 0.15) is 5.78 Å². The van der Waals surface area contributed by atoms with Crippen molar-refractivity contribution in [3.63, 3.8) is 0 Å². The number of likely N-dealkylation sites (tertiary alicyclic amines) is 1. The number of rotatable bonds is 1. The normalized spacial score (nSPS) is 26.9. The quantitative estimate of drug-likeness (QED) is 0.775. The second kappa shape index (κ2) is 5.16. The average molecular weight is 257 g/mol. The maximum absolute atomic E-state index is 12.4. The Morgan fingerprint density at radius 3 is 2.68 bits per heavy atom. The van der Waals surface area contributed by atoms with Crippen LogP contribution in [0.15, 0.2) is 30.3 Å². The Morgan fingerprint density at radius 1 is 1.11 bits per heavy atom. The number of hydrogen-bond donors (Lipinski definition) is 0. The molecule has 0 N–H and O–H groups in total. The molecule has 3 heteroatoms. The molecule has 1 aliphatic carbocycles. The smallest absolute Gasteiger partial charge is 0.253 e. The number of carbonyl (C=O) groups is 2. The molecular formula is C16H19NO2. The first-order valence-corrected chi connectivity index (χ1v) is 7.10. The van der Waals surface area contributed by atoms with Crippen LogP contribution in [0.5, 0.6) is 0 Å². The van der Waals surface area contributed by atoms with Gasteiger partial charge in [-0.05, 0) is 36.8 Å². The van der Waals surface area contributed by atoms with Crippen molar-refractivity contribution in [3.8, 4) is 0 Å². The number of benzene rings is 1. The number of nitrogens with zero attached hydrogens (tertiary/aromatic N) is 1. The van der Waals surface area contributed by atoms with Crippen molar-refractivity contribution >= 4 is 11.7 Å². The molecule has 3 rings (SSSR count). The third-order valence-corrected chi connectivity index (χ3v) is 4.48. The molecule has 2 fully saturated rings. The first kappa shape index (κ1) is 12.4. The summed E-state index contributed by atoms with van der Waals surface area (Å²) in [6, 6.07) is 9.48. The highest BCUT2D eigenvalue weighted by atomic mass is 16.2. The van der Waals surface area contributed by atoms with Crippen molar-refractivity contribution in [2.45, 2.75) is 25.7 Å². The number of ketones is 1. The van der Waals surface area contributed by atoms with Crippen LogP contribution in [-0.2, 0) is 4.79 Å². The molecule has 2 atom stereocenters. The van der Waals surface area contributed by atoms with Gasteiger partial charge in [-0.1, -0.05) is 18.2 Å². The van der Waals surface area contributed by atoms with Gasteiger partial charge in [-0.25, -0.2) is 0 Å². The van der Waals surface area contributed by atoms with Crippen LogP contribution in [0.2, 0.25) is 0 Å². The fourth-order valence-electron chi connectivity index (χ4n) is 3.37. The zero-order valence-electron chi connectivity index (χ0n) is 11.0. The Balaban J connectivity index is 1.68. The Bertz CT molecular complexity index is 483. The monoisotopic (exact) mass is 257 g/mol. The third-order valence-electron chi connectivity index (χ3n) is 4.48. The topological polar surface area (TPSA) is 37.4 Å². The molecule has 0 bridgehead atoms. The van der Waals surface area contributed by atoms with E-state index in [1.165, 1.54) is 0 Å². The molecule has 2 aliphatic rings. The molecule has 1 saturated carbocycles. The second-order valence-corrected chi connectivity index (χ2v) is 5.71. The number of fused-ring (bicyclic) bond motifs is 1. The van der Waals surface area contributed by atoms with E-state index in [9.17, 15) is 9.59 Å². The van der Waals surface area contributed by atoms with Crippen molar-refractivity contribution in [3.05, 3.63) is 35.9 Å². The molecule has 1 amide bonds. The van der Waals surface area contributed by atoms with E-state index in [1.54, 1.807) is 0 Å². The van der Waals surface area contributed by atoms with Gasteiger partial charge in [0.2, 0.25) is 0 Å². The number of carbonyl (C=O) groups excluding carboxylic acids is 2. The predicted molar refractivity (Wildman–Crippen MR) is 72.8 cm³/mol. The highest BCUT2D eigenvalue weighted by molar-refractivity contribution is 5.94. The Hall–Kier alpha value is -1.64. The number of piperidine rings is 1. The zero-order chi connectivity index (χ0) is 13.2. The van der Waals surface area contributed by atoms with Crippen molar-refractivity contribution in [2.75, 3.05) is 13.1 Å². The molecular weight excluding hydrogens is 238 g/mol. The predicted octanol–water partition coefficient (Wildman–Crippen LogP) is 2.52. The molecule has 1 saturated heterocycles. The molecule has 1 aliphatic heterocycles. The van der Waals surface area contributed by atoms with Crippen LogP contribution in [0.3, 0.4) is 0 Å². The fraction of sp³-hybridized carbons (Fsp3) is 0.500. The van der Waals surface area contributed by atoms with Crippen molar-refractivity contribution in [1.82, 2.24) is 4.90 Å². The van der Waals surface area contributed by atoms with Gasteiger partial charge in [-0.15, -0.1) is 0 Å². The van der Waals surface area contributed by atoms with Crippen LogP contribution >= 0.6 is 0 Å². The van der Waals surface area contributed by atoms with Gasteiger partial charge in [-0.2, -0.15) is 0 Å². The summed E-state index contributed by atoms with van der Waals surface area (Å²) in [5.41, 5.74) is 0.771. The molecule has 0 unspecified atom stereocenters. The average Bonchev–Trinajstić information content (AvgIpc) is 2.47. The van der Waals surface area contributed by atoms with Crippen LogP contribution in [0.4, 0.5) is 0 Å². The van der Waals surface area contributed by atoms with Crippen molar-refractivity contribution < 1.29 is 9.59 Å². The van der Waals surface area contributed by atoms with Crippen LogP contribution in [0.25, 0.3) is 0 Å². The summed E-state index contributed by atoms with van der Waals surface area (Å²) in [4.78, 5) is 25.8. The van der Waals surface area contributed by atoms with E-state index in [0.717, 1.165) is 37.9 Å². The maximum Gasteiger partial charge on any atom is 0.253 e. The van der Waals surface area contributed by atoms with Gasteiger partial charge in [-0.3, -0.25) is 9.59 Å². The lowest BCUT2D eigenvalue weighted by Gasteiger charge is -2.40. The summed E-state index contributed by atoms with van der Waals surface area (Å²) in [5.74, 6) is 1.58. The largest absolute Gasteiger partial charge is 0.338 e. The summed E-state index contributed by atoms with van der Waals surface area (Å²) in [6.45, 7) is 1.62. The van der Waals surface area contributed by atoms with E-state index < -0.39 is 0 Å². The first-order chi connectivity index (χ1) is 9.24. The SMILES string of the molecule is O=C1CC[C@@H]2CN(C(=O)c3ccccc3)CC[C@H]2C1. The molecule has 1 aromatic rings. The Morgan fingerprint density at radius 2 is 1.89 bits per heavy atom. The van der Waals surface area contributed by atoms with Gasteiger partial charge in [0, 0.05) is 31.5 Å². The van der Waals surface area contributed by atoms with E-state index in [2.05, 4.69) is 0 Å². The molecule has 100 valence electrons. The minimum absolute atomic E-state index is 0.135. The lowest BCUT2D eigenvalue weighted by molar-refractivity contribution is -0.123. The molecule has 1 heterocycles. The first-order valence-electron chi connectivity index (χ1n) is 7.10.